The van der Waals surface area contributed by atoms with Crippen LogP contribution in [0, 0.1) is 5.92 Å². The lowest BCUT2D eigenvalue weighted by molar-refractivity contribution is 0.262. The summed E-state index contributed by atoms with van der Waals surface area (Å²) in [6, 6.07) is 0. The van der Waals surface area contributed by atoms with Crippen molar-refractivity contribution in [3.63, 3.8) is 0 Å². The van der Waals surface area contributed by atoms with Gasteiger partial charge in [0.1, 0.15) is 0 Å². The molecule has 1 aliphatic rings. The second-order valence-electron chi connectivity index (χ2n) is 6.05. The zero-order valence-electron chi connectivity index (χ0n) is 12.9. The molecule has 5 nitrogen and oxygen atoms in total. The van der Waals surface area contributed by atoms with Gasteiger partial charge in [-0.2, -0.15) is 5.10 Å². The maximum Gasteiger partial charge on any atom is 0.243 e. The van der Waals surface area contributed by atoms with Crippen LogP contribution >= 0.6 is 0 Å². The number of nitrogens with zero attached hydrogens (tertiary/aromatic N) is 3. The second kappa shape index (κ2) is 6.48. The standard InChI is InChI=1S/C15H27N5/c1-4-12-13(5-2)19-20-14(17-12)18-15(10-16)8-6-7-11(3)9-15/h11H,4-10,16H2,1-3H3,(H,17,18,20). The molecule has 0 radical (unpaired) electrons. The van der Waals surface area contributed by atoms with E-state index < -0.39 is 0 Å². The fourth-order valence-corrected chi connectivity index (χ4v) is 3.24. The Morgan fingerprint density at radius 1 is 1.25 bits per heavy atom. The van der Waals surface area contributed by atoms with Gasteiger partial charge >= 0.3 is 0 Å². The fraction of sp³-hybridized carbons (Fsp3) is 0.800. The van der Waals surface area contributed by atoms with Gasteiger partial charge in [-0.3, -0.25) is 0 Å². The maximum atomic E-state index is 6.04. The molecule has 0 amide bonds. The first-order chi connectivity index (χ1) is 9.62. The van der Waals surface area contributed by atoms with Gasteiger partial charge in [-0.1, -0.05) is 33.6 Å². The van der Waals surface area contributed by atoms with Crippen LogP contribution in [-0.2, 0) is 12.8 Å². The van der Waals surface area contributed by atoms with Crippen LogP contribution in [-0.4, -0.2) is 27.3 Å². The number of hydrogen-bond acceptors (Lipinski definition) is 5. The molecule has 2 atom stereocenters. The quantitative estimate of drug-likeness (QED) is 0.863. The van der Waals surface area contributed by atoms with E-state index in [9.17, 15) is 0 Å². The molecular formula is C15H27N5. The number of aromatic nitrogens is 3. The third-order valence-corrected chi connectivity index (χ3v) is 4.37. The van der Waals surface area contributed by atoms with Crippen LogP contribution in [0.5, 0.6) is 0 Å². The highest BCUT2D eigenvalue weighted by atomic mass is 15.3. The van der Waals surface area contributed by atoms with E-state index in [1.165, 1.54) is 12.8 Å². The average Bonchev–Trinajstić information content (AvgIpc) is 2.47. The van der Waals surface area contributed by atoms with Crippen molar-refractivity contribution in [1.82, 2.24) is 15.2 Å². The molecule has 1 saturated carbocycles. The smallest absolute Gasteiger partial charge is 0.243 e. The molecule has 112 valence electrons. The van der Waals surface area contributed by atoms with Crippen molar-refractivity contribution in [2.75, 3.05) is 11.9 Å². The highest BCUT2D eigenvalue weighted by Gasteiger charge is 2.34. The first-order valence-electron chi connectivity index (χ1n) is 7.83. The van der Waals surface area contributed by atoms with Gasteiger partial charge in [0.25, 0.3) is 0 Å². The summed E-state index contributed by atoms with van der Waals surface area (Å²) in [7, 11) is 0. The van der Waals surface area contributed by atoms with Gasteiger partial charge in [0, 0.05) is 6.54 Å². The van der Waals surface area contributed by atoms with Gasteiger partial charge in [0.15, 0.2) is 0 Å². The van der Waals surface area contributed by atoms with Crippen LogP contribution in [0.3, 0.4) is 0 Å². The maximum absolute atomic E-state index is 6.04. The van der Waals surface area contributed by atoms with E-state index in [0.717, 1.165) is 37.1 Å². The van der Waals surface area contributed by atoms with Crippen LogP contribution < -0.4 is 11.1 Å². The Balaban J connectivity index is 2.19. The normalized spacial score (nSPS) is 26.5. The van der Waals surface area contributed by atoms with E-state index in [1.807, 2.05) is 0 Å². The third kappa shape index (κ3) is 3.26. The average molecular weight is 277 g/mol. The molecule has 20 heavy (non-hydrogen) atoms. The van der Waals surface area contributed by atoms with Gasteiger partial charge in [0.05, 0.1) is 16.9 Å². The molecule has 1 heterocycles. The molecule has 1 aromatic heterocycles. The monoisotopic (exact) mass is 277 g/mol. The molecule has 5 heteroatoms. The number of anilines is 1. The first kappa shape index (κ1) is 15.2. The van der Waals surface area contributed by atoms with E-state index in [2.05, 4.69) is 41.3 Å². The Hall–Kier alpha value is -1.23. The van der Waals surface area contributed by atoms with Crippen LogP contribution in [0.1, 0.15) is 57.8 Å². The predicted octanol–water partition coefficient (Wildman–Crippen LogP) is 2.32. The molecule has 1 fully saturated rings. The number of nitrogens with one attached hydrogen (secondary N) is 1. The second-order valence-corrected chi connectivity index (χ2v) is 6.05. The largest absolute Gasteiger partial charge is 0.346 e. The minimum atomic E-state index is -0.0575. The summed E-state index contributed by atoms with van der Waals surface area (Å²) >= 11 is 0. The molecule has 1 aliphatic carbocycles. The van der Waals surface area contributed by atoms with Crippen LogP contribution in [0.25, 0.3) is 0 Å². The van der Waals surface area contributed by atoms with E-state index in [1.54, 1.807) is 0 Å². The third-order valence-electron chi connectivity index (χ3n) is 4.37. The van der Waals surface area contributed by atoms with Crippen molar-refractivity contribution in [2.45, 2.75) is 64.8 Å². The molecule has 1 aromatic rings. The van der Waals surface area contributed by atoms with Crippen molar-refractivity contribution >= 4 is 5.95 Å². The lowest BCUT2D eigenvalue weighted by Gasteiger charge is -2.39. The molecule has 3 N–H and O–H groups in total. The van der Waals surface area contributed by atoms with E-state index in [0.29, 0.717) is 18.4 Å². The summed E-state index contributed by atoms with van der Waals surface area (Å²) < 4.78 is 0. The van der Waals surface area contributed by atoms with Crippen LogP contribution in [0.15, 0.2) is 0 Å². The summed E-state index contributed by atoms with van der Waals surface area (Å²) in [6.07, 6.45) is 6.45. The Kier molecular flexibility index (Phi) is 4.91. The summed E-state index contributed by atoms with van der Waals surface area (Å²) in [4.78, 5) is 4.63. The molecule has 0 spiro atoms. The highest BCUT2D eigenvalue weighted by Crippen LogP contribution is 2.33. The number of hydrogen-bond donors (Lipinski definition) is 2. The van der Waals surface area contributed by atoms with E-state index in [4.69, 9.17) is 5.73 Å². The summed E-state index contributed by atoms with van der Waals surface area (Å²) in [5, 5.41) is 12.0. The molecule has 2 unspecified atom stereocenters. The Labute approximate surface area is 121 Å². The Morgan fingerprint density at radius 3 is 2.60 bits per heavy atom. The fourth-order valence-electron chi connectivity index (χ4n) is 3.24. The molecular weight excluding hydrogens is 250 g/mol. The van der Waals surface area contributed by atoms with Crippen molar-refractivity contribution < 1.29 is 0 Å². The summed E-state index contributed by atoms with van der Waals surface area (Å²) in [5.41, 5.74) is 8.02. The molecule has 0 aliphatic heterocycles. The SMILES string of the molecule is CCc1nnc(NC2(CN)CCCC(C)C2)nc1CC. The Morgan fingerprint density at radius 2 is 2.00 bits per heavy atom. The molecule has 0 saturated heterocycles. The number of rotatable bonds is 5. The van der Waals surface area contributed by atoms with Crippen molar-refractivity contribution in [3.8, 4) is 0 Å². The zero-order valence-corrected chi connectivity index (χ0v) is 12.9. The van der Waals surface area contributed by atoms with E-state index in [-0.39, 0.29) is 5.54 Å². The highest BCUT2D eigenvalue weighted by molar-refractivity contribution is 5.31. The Bertz CT molecular complexity index is 448. The molecule has 2 rings (SSSR count). The molecule has 0 bridgehead atoms. The van der Waals surface area contributed by atoms with Crippen LogP contribution in [0.4, 0.5) is 5.95 Å². The number of nitrogens with two attached hydrogens (primary N) is 1. The minimum absolute atomic E-state index is 0.0575. The topological polar surface area (TPSA) is 76.7 Å². The zero-order chi connectivity index (χ0) is 14.6. The lowest BCUT2D eigenvalue weighted by atomic mass is 9.76. The van der Waals surface area contributed by atoms with Gasteiger partial charge in [-0.05, 0) is 31.6 Å². The summed E-state index contributed by atoms with van der Waals surface area (Å²) in [5.74, 6) is 1.34. The van der Waals surface area contributed by atoms with Crippen LogP contribution in [0.2, 0.25) is 0 Å². The van der Waals surface area contributed by atoms with Crippen molar-refractivity contribution in [1.29, 1.82) is 0 Å². The molecule has 0 aromatic carbocycles. The summed E-state index contributed by atoms with van der Waals surface area (Å²) in [6.45, 7) is 7.11. The minimum Gasteiger partial charge on any atom is -0.346 e. The lowest BCUT2D eigenvalue weighted by Crippen LogP contribution is -2.49. The van der Waals surface area contributed by atoms with Crippen molar-refractivity contribution in [3.05, 3.63) is 11.4 Å². The predicted molar refractivity (Wildman–Crippen MR) is 81.6 cm³/mol. The van der Waals surface area contributed by atoms with Gasteiger partial charge < -0.3 is 11.1 Å². The van der Waals surface area contributed by atoms with Gasteiger partial charge in [-0.15, -0.1) is 5.10 Å². The first-order valence-corrected chi connectivity index (χ1v) is 7.83. The van der Waals surface area contributed by atoms with Crippen molar-refractivity contribution in [2.24, 2.45) is 11.7 Å². The van der Waals surface area contributed by atoms with Gasteiger partial charge in [0.2, 0.25) is 5.95 Å². The van der Waals surface area contributed by atoms with E-state index >= 15 is 0 Å². The van der Waals surface area contributed by atoms with Gasteiger partial charge in [-0.25, -0.2) is 4.98 Å². The number of aryl methyl sites for hydroxylation is 2.